The van der Waals surface area contributed by atoms with Crippen molar-refractivity contribution >= 4 is 39.1 Å². The molecule has 2 amide bonds. The lowest BCUT2D eigenvalue weighted by atomic mass is 10.1. The molecule has 0 saturated carbocycles. The second kappa shape index (κ2) is 13.1. The van der Waals surface area contributed by atoms with Gasteiger partial charge >= 0.3 is 0 Å². The lowest BCUT2D eigenvalue weighted by Crippen LogP contribution is -2.52. The molecule has 9 heteroatoms. The van der Waals surface area contributed by atoms with E-state index in [2.05, 4.69) is 5.32 Å². The van der Waals surface area contributed by atoms with E-state index in [1.54, 1.807) is 44.2 Å². The van der Waals surface area contributed by atoms with Crippen molar-refractivity contribution in [3.63, 3.8) is 0 Å². The number of hydrogen-bond acceptors (Lipinski definition) is 4. The molecule has 0 bridgehead atoms. The fourth-order valence-corrected chi connectivity index (χ4v) is 5.69. The topological polar surface area (TPSA) is 86.8 Å². The van der Waals surface area contributed by atoms with Crippen LogP contribution in [0.1, 0.15) is 43.9 Å². The van der Waals surface area contributed by atoms with Gasteiger partial charge in [-0.05, 0) is 69.5 Å². The first-order valence-electron chi connectivity index (χ1n) is 12.9. The Morgan fingerprint density at radius 2 is 1.56 bits per heavy atom. The van der Waals surface area contributed by atoms with Crippen molar-refractivity contribution in [2.45, 2.75) is 64.6 Å². The minimum atomic E-state index is -4.15. The molecule has 3 rings (SSSR count). The molecule has 0 radical (unpaired) electrons. The first-order chi connectivity index (χ1) is 18.4. The summed E-state index contributed by atoms with van der Waals surface area (Å²) in [6.45, 7) is 8.72. The second-order valence-electron chi connectivity index (χ2n) is 9.71. The molecule has 2 atom stereocenters. The molecule has 208 valence electrons. The van der Waals surface area contributed by atoms with Gasteiger partial charge in [-0.25, -0.2) is 8.42 Å². The SMILES string of the molecule is CC[C@@H](C)NC(=O)[C@@H](C)N(Cc1ccccc1)C(=O)CN(c1cccc(Cl)c1C)S(=O)(=O)c1ccc(C)cc1. The highest BCUT2D eigenvalue weighted by Crippen LogP contribution is 2.31. The van der Waals surface area contributed by atoms with Gasteiger partial charge in [0.2, 0.25) is 11.8 Å². The van der Waals surface area contributed by atoms with Crippen molar-refractivity contribution < 1.29 is 18.0 Å². The van der Waals surface area contributed by atoms with Crippen LogP contribution in [-0.2, 0) is 26.2 Å². The molecule has 0 spiro atoms. The van der Waals surface area contributed by atoms with Crippen LogP contribution in [0.2, 0.25) is 5.02 Å². The van der Waals surface area contributed by atoms with E-state index in [0.717, 1.165) is 21.9 Å². The van der Waals surface area contributed by atoms with Gasteiger partial charge < -0.3 is 10.2 Å². The molecule has 1 N–H and O–H groups in total. The number of aryl methyl sites for hydroxylation is 1. The Labute approximate surface area is 236 Å². The number of benzene rings is 3. The van der Waals surface area contributed by atoms with E-state index in [1.807, 2.05) is 51.1 Å². The summed E-state index contributed by atoms with van der Waals surface area (Å²) >= 11 is 6.37. The van der Waals surface area contributed by atoms with Crippen LogP contribution >= 0.6 is 11.6 Å². The summed E-state index contributed by atoms with van der Waals surface area (Å²) in [6, 6.07) is 19.8. The molecule has 39 heavy (non-hydrogen) atoms. The Morgan fingerprint density at radius 3 is 2.18 bits per heavy atom. The van der Waals surface area contributed by atoms with Crippen LogP contribution in [0.25, 0.3) is 0 Å². The van der Waals surface area contributed by atoms with Crippen LogP contribution in [0.15, 0.2) is 77.7 Å². The number of anilines is 1. The molecular weight excluding hydrogens is 534 g/mol. The predicted molar refractivity (Wildman–Crippen MR) is 156 cm³/mol. The monoisotopic (exact) mass is 569 g/mol. The number of rotatable bonds is 11. The van der Waals surface area contributed by atoms with E-state index in [9.17, 15) is 18.0 Å². The van der Waals surface area contributed by atoms with Crippen LogP contribution in [0.4, 0.5) is 5.69 Å². The minimum Gasteiger partial charge on any atom is -0.352 e. The fraction of sp³-hybridized carbons (Fsp3) is 0.333. The van der Waals surface area contributed by atoms with Crippen molar-refractivity contribution in [3.05, 3.63) is 94.5 Å². The summed E-state index contributed by atoms with van der Waals surface area (Å²) in [5.74, 6) is -0.818. The van der Waals surface area contributed by atoms with Gasteiger partial charge in [-0.3, -0.25) is 13.9 Å². The lowest BCUT2D eigenvalue weighted by Gasteiger charge is -2.33. The van der Waals surface area contributed by atoms with E-state index in [4.69, 9.17) is 11.6 Å². The largest absolute Gasteiger partial charge is 0.352 e. The molecule has 0 unspecified atom stereocenters. The zero-order valence-corrected chi connectivity index (χ0v) is 24.6. The third-order valence-electron chi connectivity index (χ3n) is 6.76. The number of carbonyl (C=O) groups is 2. The van der Waals surface area contributed by atoms with Crippen molar-refractivity contribution in [1.82, 2.24) is 10.2 Å². The molecule has 0 fully saturated rings. The number of amides is 2. The molecule has 7 nitrogen and oxygen atoms in total. The van der Waals surface area contributed by atoms with E-state index < -0.39 is 28.5 Å². The Hall–Kier alpha value is -3.36. The fourth-order valence-electron chi connectivity index (χ4n) is 4.05. The average molecular weight is 570 g/mol. The number of sulfonamides is 1. The Morgan fingerprint density at radius 1 is 0.923 bits per heavy atom. The van der Waals surface area contributed by atoms with E-state index in [0.29, 0.717) is 16.3 Å². The quantitative estimate of drug-likeness (QED) is 0.331. The number of nitrogens with one attached hydrogen (secondary N) is 1. The molecule has 3 aromatic carbocycles. The van der Waals surface area contributed by atoms with E-state index in [1.165, 1.54) is 17.0 Å². The highest BCUT2D eigenvalue weighted by Gasteiger charge is 2.33. The summed E-state index contributed by atoms with van der Waals surface area (Å²) in [7, 11) is -4.15. The maximum Gasteiger partial charge on any atom is 0.264 e. The van der Waals surface area contributed by atoms with E-state index in [-0.39, 0.29) is 23.4 Å². The van der Waals surface area contributed by atoms with Crippen LogP contribution in [-0.4, -0.2) is 43.8 Å². The lowest BCUT2D eigenvalue weighted by molar-refractivity contribution is -0.139. The summed E-state index contributed by atoms with van der Waals surface area (Å²) in [5, 5.41) is 3.31. The molecular formula is C30H36ClN3O4S. The Balaban J connectivity index is 2.05. The molecule has 0 aliphatic rings. The third kappa shape index (κ3) is 7.40. The Kier molecular flexibility index (Phi) is 10.2. The smallest absolute Gasteiger partial charge is 0.264 e. The van der Waals surface area contributed by atoms with Crippen molar-refractivity contribution in [2.24, 2.45) is 0 Å². The van der Waals surface area contributed by atoms with Gasteiger partial charge in [-0.15, -0.1) is 0 Å². The maximum atomic E-state index is 14.0. The number of hydrogen-bond donors (Lipinski definition) is 1. The van der Waals surface area contributed by atoms with Crippen LogP contribution in [0, 0.1) is 13.8 Å². The second-order valence-corrected chi connectivity index (χ2v) is 12.0. The number of halogens is 1. The van der Waals surface area contributed by atoms with Gasteiger partial charge in [-0.1, -0.05) is 72.6 Å². The van der Waals surface area contributed by atoms with Gasteiger partial charge in [-0.2, -0.15) is 0 Å². The van der Waals surface area contributed by atoms with Crippen molar-refractivity contribution in [3.8, 4) is 0 Å². The van der Waals surface area contributed by atoms with Gasteiger partial charge in [0.15, 0.2) is 0 Å². The standard InChI is InChI=1S/C30H36ClN3O4S/c1-6-22(3)32-30(36)24(5)33(19-25-11-8-7-9-12-25)29(35)20-34(28-14-10-13-27(31)23(28)4)39(37,38)26-17-15-21(2)16-18-26/h7-18,22,24H,6,19-20H2,1-5H3,(H,32,36)/t22-,24-/m1/s1. The first kappa shape index (κ1) is 30.2. The predicted octanol–water partition coefficient (Wildman–Crippen LogP) is 5.48. The number of nitrogens with zero attached hydrogens (tertiary/aromatic N) is 2. The highest BCUT2D eigenvalue weighted by molar-refractivity contribution is 7.92. The molecule has 0 heterocycles. The molecule has 0 aliphatic carbocycles. The van der Waals surface area contributed by atoms with Crippen LogP contribution < -0.4 is 9.62 Å². The molecule has 0 aromatic heterocycles. The van der Waals surface area contributed by atoms with Gasteiger partial charge in [0.1, 0.15) is 12.6 Å². The van der Waals surface area contributed by atoms with Crippen molar-refractivity contribution in [2.75, 3.05) is 10.8 Å². The van der Waals surface area contributed by atoms with Crippen LogP contribution in [0.5, 0.6) is 0 Å². The van der Waals surface area contributed by atoms with Crippen LogP contribution in [0.3, 0.4) is 0 Å². The van der Waals surface area contributed by atoms with Gasteiger partial charge in [0.25, 0.3) is 10.0 Å². The summed E-state index contributed by atoms with van der Waals surface area (Å²) in [6.07, 6.45) is 0.738. The van der Waals surface area contributed by atoms with Crippen molar-refractivity contribution in [1.29, 1.82) is 0 Å². The minimum absolute atomic E-state index is 0.0532. The zero-order chi connectivity index (χ0) is 28.7. The van der Waals surface area contributed by atoms with Gasteiger partial charge in [0.05, 0.1) is 10.6 Å². The molecule has 0 saturated heterocycles. The first-order valence-corrected chi connectivity index (χ1v) is 14.8. The number of carbonyl (C=O) groups excluding carboxylic acids is 2. The molecule has 3 aromatic rings. The summed E-state index contributed by atoms with van der Waals surface area (Å²) in [4.78, 5) is 28.5. The summed E-state index contributed by atoms with van der Waals surface area (Å²) in [5.41, 5.74) is 2.55. The average Bonchev–Trinajstić information content (AvgIpc) is 2.92. The Bertz CT molecular complexity index is 1400. The third-order valence-corrected chi connectivity index (χ3v) is 8.94. The maximum absolute atomic E-state index is 14.0. The molecule has 0 aliphatic heterocycles. The normalized spacial score (nSPS) is 12.9. The highest BCUT2D eigenvalue weighted by atomic mass is 35.5. The van der Waals surface area contributed by atoms with E-state index >= 15 is 0 Å². The zero-order valence-electron chi connectivity index (χ0n) is 23.0. The summed E-state index contributed by atoms with van der Waals surface area (Å²) < 4.78 is 29.0. The van der Waals surface area contributed by atoms with Gasteiger partial charge in [0, 0.05) is 17.6 Å².